The van der Waals surface area contributed by atoms with Crippen LogP contribution < -0.4 is 9.47 Å². The van der Waals surface area contributed by atoms with Crippen molar-refractivity contribution in [3.8, 4) is 11.5 Å². The number of hydrogen-bond donors (Lipinski definition) is 0. The van der Waals surface area contributed by atoms with Gasteiger partial charge in [-0.1, -0.05) is 18.2 Å². The predicted molar refractivity (Wildman–Crippen MR) is 79.6 cm³/mol. The van der Waals surface area contributed by atoms with Gasteiger partial charge in [0, 0.05) is 11.1 Å². The SMILES string of the molecule is O=C1OC(c2ccc3c(c2)OCO3)=N/C1=C\c1ccccc1F. The van der Waals surface area contributed by atoms with Gasteiger partial charge < -0.3 is 14.2 Å². The van der Waals surface area contributed by atoms with Crippen LogP contribution in [0.1, 0.15) is 11.1 Å². The average molecular weight is 311 g/mol. The summed E-state index contributed by atoms with van der Waals surface area (Å²) in [6.45, 7) is 0.156. The molecule has 0 radical (unpaired) electrons. The van der Waals surface area contributed by atoms with Crippen LogP contribution in [0.5, 0.6) is 11.5 Å². The molecule has 2 aliphatic rings. The summed E-state index contributed by atoms with van der Waals surface area (Å²) in [5, 5.41) is 0. The Kier molecular flexibility index (Phi) is 3.08. The van der Waals surface area contributed by atoms with Gasteiger partial charge in [0.05, 0.1) is 0 Å². The number of aliphatic imine (C=N–C) groups is 1. The second-order valence-corrected chi connectivity index (χ2v) is 4.93. The van der Waals surface area contributed by atoms with Crippen molar-refractivity contribution in [2.24, 2.45) is 4.99 Å². The Labute approximate surface area is 130 Å². The topological polar surface area (TPSA) is 57.1 Å². The van der Waals surface area contributed by atoms with Gasteiger partial charge in [-0.05, 0) is 30.3 Å². The molecule has 23 heavy (non-hydrogen) atoms. The fraction of sp³-hybridized carbons (Fsp3) is 0.0588. The summed E-state index contributed by atoms with van der Waals surface area (Å²) < 4.78 is 29.3. The minimum absolute atomic E-state index is 0.0442. The van der Waals surface area contributed by atoms with Gasteiger partial charge >= 0.3 is 5.97 Å². The lowest BCUT2D eigenvalue weighted by Gasteiger charge is -2.01. The van der Waals surface area contributed by atoms with Crippen molar-refractivity contribution in [2.45, 2.75) is 0 Å². The maximum Gasteiger partial charge on any atom is 0.363 e. The number of benzene rings is 2. The Balaban J connectivity index is 1.69. The average Bonchev–Trinajstić information content (AvgIpc) is 3.16. The first-order chi connectivity index (χ1) is 11.2. The van der Waals surface area contributed by atoms with E-state index in [0.717, 1.165) is 0 Å². The van der Waals surface area contributed by atoms with E-state index >= 15 is 0 Å². The molecule has 0 bridgehead atoms. The van der Waals surface area contributed by atoms with E-state index in [2.05, 4.69) is 4.99 Å². The molecular weight excluding hydrogens is 301 g/mol. The summed E-state index contributed by atoms with van der Waals surface area (Å²) in [7, 11) is 0. The molecule has 5 nitrogen and oxygen atoms in total. The Morgan fingerprint density at radius 3 is 2.78 bits per heavy atom. The first-order valence-corrected chi connectivity index (χ1v) is 6.88. The number of halogens is 1. The molecule has 2 aromatic carbocycles. The van der Waals surface area contributed by atoms with Crippen molar-refractivity contribution < 1.29 is 23.4 Å². The van der Waals surface area contributed by atoms with Crippen LogP contribution in [0.25, 0.3) is 6.08 Å². The molecule has 2 heterocycles. The number of carbonyl (C=O) groups is 1. The lowest BCUT2D eigenvalue weighted by molar-refractivity contribution is -0.129. The van der Waals surface area contributed by atoms with Crippen LogP contribution in [0.2, 0.25) is 0 Å². The Morgan fingerprint density at radius 1 is 1.09 bits per heavy atom. The zero-order valence-electron chi connectivity index (χ0n) is 11.8. The number of ether oxygens (including phenoxy) is 3. The van der Waals surface area contributed by atoms with Crippen molar-refractivity contribution in [3.63, 3.8) is 0 Å². The quantitative estimate of drug-likeness (QED) is 0.632. The molecule has 2 aromatic rings. The molecular formula is C17H10FNO4. The van der Waals surface area contributed by atoms with E-state index in [-0.39, 0.29) is 24.0 Å². The number of hydrogen-bond acceptors (Lipinski definition) is 5. The number of nitrogens with zero attached hydrogens (tertiary/aromatic N) is 1. The summed E-state index contributed by atoms with van der Waals surface area (Å²) in [6, 6.07) is 11.2. The molecule has 0 saturated carbocycles. The van der Waals surface area contributed by atoms with Gasteiger partial charge in [0.1, 0.15) is 5.82 Å². The van der Waals surface area contributed by atoms with Gasteiger partial charge in [0.25, 0.3) is 0 Å². The molecule has 0 fully saturated rings. The molecule has 114 valence electrons. The van der Waals surface area contributed by atoms with Crippen molar-refractivity contribution >= 4 is 17.9 Å². The maximum absolute atomic E-state index is 13.7. The van der Waals surface area contributed by atoms with Crippen LogP contribution in [0.3, 0.4) is 0 Å². The third-order valence-corrected chi connectivity index (χ3v) is 3.44. The summed E-state index contributed by atoms with van der Waals surface area (Å²) in [6.07, 6.45) is 1.36. The van der Waals surface area contributed by atoms with E-state index in [9.17, 15) is 9.18 Å². The maximum atomic E-state index is 13.7. The van der Waals surface area contributed by atoms with Crippen LogP contribution >= 0.6 is 0 Å². The standard InChI is InChI=1S/C17H10FNO4/c18-12-4-2-1-3-10(12)7-13-17(20)23-16(19-13)11-5-6-14-15(8-11)22-9-21-14/h1-8H,9H2/b13-7-. The van der Waals surface area contributed by atoms with Gasteiger partial charge in [-0.15, -0.1) is 0 Å². The predicted octanol–water partition coefficient (Wildman–Crippen LogP) is 2.90. The van der Waals surface area contributed by atoms with Gasteiger partial charge in [-0.3, -0.25) is 0 Å². The van der Waals surface area contributed by atoms with Gasteiger partial charge in [0.15, 0.2) is 17.2 Å². The van der Waals surface area contributed by atoms with Crippen molar-refractivity contribution in [1.82, 2.24) is 0 Å². The Bertz CT molecular complexity index is 873. The molecule has 0 aliphatic carbocycles. The zero-order valence-corrected chi connectivity index (χ0v) is 11.8. The molecule has 0 N–H and O–H groups in total. The summed E-state index contributed by atoms with van der Waals surface area (Å²) in [5.74, 6) is 0.282. The van der Waals surface area contributed by atoms with E-state index in [4.69, 9.17) is 14.2 Å². The summed E-state index contributed by atoms with van der Waals surface area (Å²) >= 11 is 0. The molecule has 0 aromatic heterocycles. The van der Waals surface area contributed by atoms with Gasteiger partial charge in [-0.2, -0.15) is 0 Å². The zero-order chi connectivity index (χ0) is 15.8. The third-order valence-electron chi connectivity index (χ3n) is 3.44. The third kappa shape index (κ3) is 2.44. The molecule has 6 heteroatoms. The van der Waals surface area contributed by atoms with Crippen LogP contribution in [0, 0.1) is 5.82 Å². The molecule has 0 saturated heterocycles. The monoisotopic (exact) mass is 311 g/mol. The number of rotatable bonds is 2. The van der Waals surface area contributed by atoms with E-state index < -0.39 is 11.8 Å². The highest BCUT2D eigenvalue weighted by Crippen LogP contribution is 2.33. The fourth-order valence-corrected chi connectivity index (χ4v) is 2.30. The van der Waals surface area contributed by atoms with E-state index in [1.165, 1.54) is 12.1 Å². The highest BCUT2D eigenvalue weighted by molar-refractivity contribution is 6.13. The lowest BCUT2D eigenvalue weighted by atomic mass is 10.2. The molecule has 0 spiro atoms. The van der Waals surface area contributed by atoms with Crippen LogP contribution in [0.15, 0.2) is 53.2 Å². The summed E-state index contributed by atoms with van der Waals surface area (Å²) in [5.41, 5.74) is 0.900. The molecule has 2 aliphatic heterocycles. The highest BCUT2D eigenvalue weighted by Gasteiger charge is 2.26. The van der Waals surface area contributed by atoms with Gasteiger partial charge in [-0.25, -0.2) is 14.2 Å². The Morgan fingerprint density at radius 2 is 1.91 bits per heavy atom. The van der Waals surface area contributed by atoms with Crippen molar-refractivity contribution in [1.29, 1.82) is 0 Å². The number of carbonyl (C=O) groups excluding carboxylic acids is 1. The highest BCUT2D eigenvalue weighted by atomic mass is 19.1. The van der Waals surface area contributed by atoms with Crippen molar-refractivity contribution in [2.75, 3.05) is 6.79 Å². The fourth-order valence-electron chi connectivity index (χ4n) is 2.30. The largest absolute Gasteiger partial charge is 0.454 e. The smallest absolute Gasteiger partial charge is 0.363 e. The normalized spacial score (nSPS) is 17.3. The van der Waals surface area contributed by atoms with Crippen LogP contribution in [-0.4, -0.2) is 18.7 Å². The van der Waals surface area contributed by atoms with Gasteiger partial charge in [0.2, 0.25) is 12.7 Å². The number of esters is 1. The van der Waals surface area contributed by atoms with E-state index in [1.807, 2.05) is 0 Å². The first kappa shape index (κ1) is 13.5. The van der Waals surface area contributed by atoms with E-state index in [1.54, 1.807) is 36.4 Å². The lowest BCUT2D eigenvalue weighted by Crippen LogP contribution is -2.05. The molecule has 0 unspecified atom stereocenters. The van der Waals surface area contributed by atoms with E-state index in [0.29, 0.717) is 17.1 Å². The second kappa shape index (κ2) is 5.24. The minimum atomic E-state index is -0.624. The molecule has 0 amide bonds. The van der Waals surface area contributed by atoms with Crippen molar-refractivity contribution in [3.05, 3.63) is 65.1 Å². The van der Waals surface area contributed by atoms with Crippen LogP contribution in [-0.2, 0) is 9.53 Å². The first-order valence-electron chi connectivity index (χ1n) is 6.88. The minimum Gasteiger partial charge on any atom is -0.454 e. The van der Waals surface area contributed by atoms with Crippen LogP contribution in [0.4, 0.5) is 4.39 Å². The number of fused-ring (bicyclic) bond motifs is 1. The second-order valence-electron chi connectivity index (χ2n) is 4.93. The summed E-state index contributed by atoms with van der Waals surface area (Å²) in [4.78, 5) is 16.1. The molecule has 0 atom stereocenters. The molecule has 4 rings (SSSR count). The number of cyclic esters (lactones) is 1. The Hall–Kier alpha value is -3.15.